The minimum absolute atomic E-state index is 0.0599. The molecule has 1 heterocycles. The van der Waals surface area contributed by atoms with Crippen molar-refractivity contribution in [2.45, 2.75) is 25.8 Å². The zero-order valence-corrected chi connectivity index (χ0v) is 9.47. The summed E-state index contributed by atoms with van der Waals surface area (Å²) in [4.78, 5) is 24.2. The average molecular weight is 229 g/mol. The first kappa shape index (κ1) is 11.9. The predicted octanol–water partition coefficient (Wildman–Crippen LogP) is -0.600. The van der Waals surface area contributed by atoms with Crippen LogP contribution in [0.2, 0.25) is 0 Å². The Kier molecular flexibility index (Phi) is 4.02. The van der Waals surface area contributed by atoms with Gasteiger partial charge >= 0.3 is 0 Å². The highest BCUT2D eigenvalue weighted by Crippen LogP contribution is 2.10. The number of nitrogens with zero attached hydrogens (tertiary/aromatic N) is 1. The summed E-state index contributed by atoms with van der Waals surface area (Å²) in [5.74, 6) is -0.126. The number of likely N-dealkylation sites (tertiary alicyclic amines) is 1. The summed E-state index contributed by atoms with van der Waals surface area (Å²) >= 11 is 4.67. The fourth-order valence-corrected chi connectivity index (χ4v) is 1.78. The van der Waals surface area contributed by atoms with Crippen molar-refractivity contribution in [3.05, 3.63) is 0 Å². The van der Waals surface area contributed by atoms with Gasteiger partial charge < -0.3 is 16.0 Å². The lowest BCUT2D eigenvalue weighted by Gasteiger charge is -2.16. The predicted molar refractivity (Wildman–Crippen MR) is 60.2 cm³/mol. The molecule has 0 aromatic rings. The van der Waals surface area contributed by atoms with Gasteiger partial charge in [-0.3, -0.25) is 9.59 Å². The summed E-state index contributed by atoms with van der Waals surface area (Å²) < 4.78 is 0. The molecule has 1 atom stereocenters. The second kappa shape index (κ2) is 5.06. The highest BCUT2D eigenvalue weighted by atomic mass is 32.1. The van der Waals surface area contributed by atoms with Crippen LogP contribution in [0.5, 0.6) is 0 Å². The van der Waals surface area contributed by atoms with Crippen LogP contribution < -0.4 is 11.1 Å². The number of rotatable bonds is 3. The molecule has 1 fully saturated rings. The van der Waals surface area contributed by atoms with Gasteiger partial charge in [-0.25, -0.2) is 0 Å². The fourth-order valence-electron chi connectivity index (χ4n) is 1.65. The van der Waals surface area contributed by atoms with Crippen LogP contribution in [-0.4, -0.2) is 40.8 Å². The van der Waals surface area contributed by atoms with Crippen molar-refractivity contribution in [2.75, 3.05) is 13.1 Å². The molecule has 0 bridgehead atoms. The van der Waals surface area contributed by atoms with Gasteiger partial charge in [-0.15, -0.1) is 0 Å². The number of hydrogen-bond acceptors (Lipinski definition) is 3. The molecule has 2 amide bonds. The summed E-state index contributed by atoms with van der Waals surface area (Å²) in [5, 5.41) is 2.78. The number of carbonyl (C=O) groups excluding carboxylic acids is 2. The van der Waals surface area contributed by atoms with Crippen molar-refractivity contribution in [3.8, 4) is 0 Å². The fraction of sp³-hybridized carbons (Fsp3) is 0.667. The molecule has 0 aromatic carbocycles. The molecule has 15 heavy (non-hydrogen) atoms. The Balaban J connectivity index is 2.38. The first-order valence-corrected chi connectivity index (χ1v) is 5.23. The molecule has 5 nitrogen and oxygen atoms in total. The number of hydrogen-bond donors (Lipinski definition) is 2. The molecule has 1 aliphatic heterocycles. The van der Waals surface area contributed by atoms with E-state index in [0.29, 0.717) is 13.1 Å². The van der Waals surface area contributed by atoms with E-state index < -0.39 is 0 Å². The summed E-state index contributed by atoms with van der Waals surface area (Å²) in [6, 6.07) is 0.0674. The monoisotopic (exact) mass is 229 g/mol. The van der Waals surface area contributed by atoms with Crippen LogP contribution in [0.4, 0.5) is 0 Å². The zero-order chi connectivity index (χ0) is 11.4. The molecular formula is C9H15N3O2S. The van der Waals surface area contributed by atoms with E-state index in [1.54, 1.807) is 4.90 Å². The number of carbonyl (C=O) groups is 2. The number of thiocarbonyl (C=S) groups is 1. The Morgan fingerprint density at radius 3 is 2.80 bits per heavy atom. The molecule has 1 unspecified atom stereocenters. The highest BCUT2D eigenvalue weighted by Gasteiger charge is 2.26. The van der Waals surface area contributed by atoms with Crippen molar-refractivity contribution in [1.82, 2.24) is 10.2 Å². The van der Waals surface area contributed by atoms with Crippen molar-refractivity contribution in [3.63, 3.8) is 0 Å². The largest absolute Gasteiger partial charge is 0.393 e. The third-order valence-corrected chi connectivity index (χ3v) is 2.42. The molecular weight excluding hydrogens is 214 g/mol. The number of nitrogens with two attached hydrogens (primary N) is 1. The maximum absolute atomic E-state index is 11.5. The van der Waals surface area contributed by atoms with Gasteiger partial charge in [-0.05, 0) is 6.42 Å². The Hall–Kier alpha value is -1.17. The van der Waals surface area contributed by atoms with Gasteiger partial charge in [0.15, 0.2) is 0 Å². The van der Waals surface area contributed by atoms with Crippen molar-refractivity contribution >= 4 is 29.0 Å². The molecule has 84 valence electrons. The molecule has 1 aliphatic rings. The molecule has 3 N–H and O–H groups in total. The quantitative estimate of drug-likeness (QED) is 0.634. The van der Waals surface area contributed by atoms with Crippen LogP contribution in [0.15, 0.2) is 0 Å². The lowest BCUT2D eigenvalue weighted by Crippen LogP contribution is -2.38. The van der Waals surface area contributed by atoms with E-state index in [9.17, 15) is 9.59 Å². The van der Waals surface area contributed by atoms with E-state index in [-0.39, 0.29) is 29.3 Å². The maximum atomic E-state index is 11.5. The van der Waals surface area contributed by atoms with Gasteiger partial charge in [0, 0.05) is 26.1 Å². The van der Waals surface area contributed by atoms with Crippen LogP contribution in [0.25, 0.3) is 0 Å². The van der Waals surface area contributed by atoms with E-state index in [0.717, 1.165) is 6.42 Å². The van der Waals surface area contributed by atoms with Crippen LogP contribution >= 0.6 is 12.2 Å². The van der Waals surface area contributed by atoms with Gasteiger partial charge in [-0.1, -0.05) is 12.2 Å². The smallest absolute Gasteiger partial charge is 0.229 e. The molecule has 0 saturated carbocycles. The highest BCUT2D eigenvalue weighted by molar-refractivity contribution is 7.80. The Morgan fingerprint density at radius 2 is 2.27 bits per heavy atom. The summed E-state index contributed by atoms with van der Waals surface area (Å²) in [7, 11) is 0. The van der Waals surface area contributed by atoms with Crippen LogP contribution in [0, 0.1) is 0 Å². The molecule has 0 aromatic heterocycles. The molecule has 0 spiro atoms. The van der Waals surface area contributed by atoms with E-state index in [2.05, 4.69) is 17.5 Å². The molecule has 1 saturated heterocycles. The number of amides is 2. The average Bonchev–Trinajstić information content (AvgIpc) is 2.50. The standard InChI is InChI=1S/C9H15N3O2S/c1-6(13)11-7-2-3-12(5-7)9(14)4-8(10)15/h7H,2-5H2,1H3,(H2,10,15)(H,11,13). The lowest BCUT2D eigenvalue weighted by atomic mass is 10.2. The Bertz CT molecular complexity index is 293. The summed E-state index contributed by atoms with van der Waals surface area (Å²) in [5.41, 5.74) is 5.29. The van der Waals surface area contributed by atoms with Gasteiger partial charge in [0.25, 0.3) is 0 Å². The Labute approximate surface area is 94.0 Å². The van der Waals surface area contributed by atoms with E-state index in [4.69, 9.17) is 5.73 Å². The lowest BCUT2D eigenvalue weighted by molar-refractivity contribution is -0.129. The topological polar surface area (TPSA) is 75.4 Å². The van der Waals surface area contributed by atoms with Gasteiger partial charge in [0.05, 0.1) is 11.4 Å². The SMILES string of the molecule is CC(=O)NC1CCN(C(=O)CC(N)=S)C1. The normalized spacial score (nSPS) is 20.1. The van der Waals surface area contributed by atoms with Gasteiger partial charge in [0.1, 0.15) is 0 Å². The molecule has 6 heteroatoms. The molecule has 0 aliphatic carbocycles. The van der Waals surface area contributed by atoms with Crippen molar-refractivity contribution < 1.29 is 9.59 Å². The van der Waals surface area contributed by atoms with Crippen LogP contribution in [-0.2, 0) is 9.59 Å². The maximum Gasteiger partial charge on any atom is 0.229 e. The van der Waals surface area contributed by atoms with E-state index >= 15 is 0 Å². The second-order valence-corrected chi connectivity index (χ2v) is 4.19. The Morgan fingerprint density at radius 1 is 1.60 bits per heavy atom. The van der Waals surface area contributed by atoms with E-state index in [1.165, 1.54) is 6.92 Å². The van der Waals surface area contributed by atoms with Crippen LogP contribution in [0.3, 0.4) is 0 Å². The second-order valence-electron chi connectivity index (χ2n) is 3.67. The van der Waals surface area contributed by atoms with Crippen molar-refractivity contribution in [2.24, 2.45) is 5.73 Å². The minimum Gasteiger partial charge on any atom is -0.393 e. The first-order valence-electron chi connectivity index (χ1n) is 4.82. The molecule has 0 radical (unpaired) electrons. The van der Waals surface area contributed by atoms with Gasteiger partial charge in [0.2, 0.25) is 11.8 Å². The van der Waals surface area contributed by atoms with Gasteiger partial charge in [-0.2, -0.15) is 0 Å². The first-order chi connectivity index (χ1) is 6.99. The third kappa shape index (κ3) is 3.83. The van der Waals surface area contributed by atoms with Crippen molar-refractivity contribution in [1.29, 1.82) is 0 Å². The summed E-state index contributed by atoms with van der Waals surface area (Å²) in [6.07, 6.45) is 0.908. The number of nitrogens with one attached hydrogen (secondary N) is 1. The zero-order valence-electron chi connectivity index (χ0n) is 8.66. The van der Waals surface area contributed by atoms with Crippen LogP contribution in [0.1, 0.15) is 19.8 Å². The summed E-state index contributed by atoms with van der Waals surface area (Å²) in [6.45, 7) is 2.69. The van der Waals surface area contributed by atoms with E-state index in [1.807, 2.05) is 0 Å². The minimum atomic E-state index is -0.0661. The third-order valence-electron chi connectivity index (χ3n) is 2.27. The molecule has 1 rings (SSSR count).